The van der Waals surface area contributed by atoms with Crippen LogP contribution in [-0.4, -0.2) is 24.8 Å². The smallest absolute Gasteiger partial charge is 0.0645 e. The summed E-state index contributed by atoms with van der Waals surface area (Å²) >= 11 is 0. The van der Waals surface area contributed by atoms with Crippen LogP contribution in [0.15, 0.2) is 12.4 Å². The van der Waals surface area contributed by atoms with Crippen molar-refractivity contribution in [2.45, 2.75) is 51.6 Å². The average molecular weight is 250 g/mol. The number of hydrogen-bond donors (Lipinski definition) is 1. The number of rotatable bonds is 6. The normalized spacial score (nSPS) is 19.6. The lowest BCUT2D eigenvalue weighted by Gasteiger charge is -2.13. The van der Waals surface area contributed by atoms with Crippen LogP contribution in [0.3, 0.4) is 0 Å². The third-order valence-electron chi connectivity index (χ3n) is 3.75. The Kier molecular flexibility index (Phi) is 5.26. The van der Waals surface area contributed by atoms with E-state index >= 15 is 0 Å². The molecule has 0 amide bonds. The molecule has 2 rings (SSSR count). The predicted octanol–water partition coefficient (Wildman–Crippen LogP) is 2.90. The van der Waals surface area contributed by atoms with Gasteiger partial charge in [-0.2, -0.15) is 0 Å². The van der Waals surface area contributed by atoms with Crippen molar-refractivity contribution >= 4 is 0 Å². The van der Waals surface area contributed by atoms with Gasteiger partial charge in [-0.25, -0.2) is 0 Å². The van der Waals surface area contributed by atoms with Crippen molar-refractivity contribution in [2.75, 3.05) is 20.3 Å². The second-order valence-corrected chi connectivity index (χ2v) is 5.18. The van der Waals surface area contributed by atoms with Gasteiger partial charge in [-0.15, -0.1) is 0 Å². The van der Waals surface area contributed by atoms with Crippen LogP contribution in [0.2, 0.25) is 0 Å². The summed E-state index contributed by atoms with van der Waals surface area (Å²) in [6, 6.07) is 0.542. The van der Waals surface area contributed by atoms with Crippen LogP contribution in [0.5, 0.6) is 0 Å². The molecule has 3 heteroatoms. The Hall–Kier alpha value is -0.800. The van der Waals surface area contributed by atoms with Gasteiger partial charge in [-0.05, 0) is 43.9 Å². The first kappa shape index (κ1) is 13.6. The Balaban J connectivity index is 1.98. The minimum Gasteiger partial charge on any atom is -0.380 e. The van der Waals surface area contributed by atoms with Gasteiger partial charge in [-0.1, -0.05) is 13.3 Å². The molecule has 1 atom stereocenters. The van der Waals surface area contributed by atoms with E-state index in [4.69, 9.17) is 4.74 Å². The number of aromatic nitrogens is 1. The van der Waals surface area contributed by atoms with E-state index in [2.05, 4.69) is 36.2 Å². The fourth-order valence-electron chi connectivity index (χ4n) is 2.76. The minimum absolute atomic E-state index is 0.542. The summed E-state index contributed by atoms with van der Waals surface area (Å²) in [6.07, 6.45) is 10.9. The fourth-order valence-corrected chi connectivity index (χ4v) is 2.76. The number of aryl methyl sites for hydroxylation is 1. The molecule has 1 unspecified atom stereocenters. The Morgan fingerprint density at radius 2 is 2.22 bits per heavy atom. The largest absolute Gasteiger partial charge is 0.380 e. The highest BCUT2D eigenvalue weighted by Crippen LogP contribution is 2.29. The minimum atomic E-state index is 0.542. The maximum Gasteiger partial charge on any atom is 0.0645 e. The first-order chi connectivity index (χ1) is 8.85. The van der Waals surface area contributed by atoms with Crippen LogP contribution in [0.1, 0.15) is 49.8 Å². The fraction of sp³-hybridized carbons (Fsp3) is 0.733. The Bertz CT molecular complexity index is 359. The van der Waals surface area contributed by atoms with Gasteiger partial charge in [0.15, 0.2) is 0 Å². The summed E-state index contributed by atoms with van der Waals surface area (Å²) in [5, 5.41) is 3.45. The standard InChI is InChI=1S/C15H26N2O/c1-3-9-18-10-8-17-11-13-6-4-5-7-15(16-2)14(13)12-17/h11-12,15-16H,3-10H2,1-2H3. The Morgan fingerprint density at radius 3 is 3.00 bits per heavy atom. The number of fused-ring (bicyclic) bond motifs is 1. The van der Waals surface area contributed by atoms with E-state index in [1.165, 1.54) is 36.8 Å². The number of nitrogens with zero attached hydrogens (tertiary/aromatic N) is 1. The van der Waals surface area contributed by atoms with Gasteiger partial charge in [0.25, 0.3) is 0 Å². The van der Waals surface area contributed by atoms with Crippen LogP contribution >= 0.6 is 0 Å². The molecule has 0 spiro atoms. The monoisotopic (exact) mass is 250 g/mol. The third-order valence-corrected chi connectivity index (χ3v) is 3.75. The first-order valence-corrected chi connectivity index (χ1v) is 7.28. The highest BCUT2D eigenvalue weighted by Gasteiger charge is 2.18. The van der Waals surface area contributed by atoms with Crippen molar-refractivity contribution in [1.82, 2.24) is 9.88 Å². The molecule has 3 nitrogen and oxygen atoms in total. The molecule has 1 heterocycles. The second kappa shape index (κ2) is 6.95. The highest BCUT2D eigenvalue weighted by atomic mass is 16.5. The summed E-state index contributed by atoms with van der Waals surface area (Å²) in [5.74, 6) is 0. The van der Waals surface area contributed by atoms with E-state index in [1.54, 1.807) is 0 Å². The Morgan fingerprint density at radius 1 is 1.33 bits per heavy atom. The van der Waals surface area contributed by atoms with Crippen LogP contribution < -0.4 is 5.32 Å². The van der Waals surface area contributed by atoms with Gasteiger partial charge < -0.3 is 14.6 Å². The first-order valence-electron chi connectivity index (χ1n) is 7.28. The zero-order valence-corrected chi connectivity index (χ0v) is 11.7. The van der Waals surface area contributed by atoms with Crippen molar-refractivity contribution in [3.63, 3.8) is 0 Å². The van der Waals surface area contributed by atoms with E-state index in [9.17, 15) is 0 Å². The lowest BCUT2D eigenvalue weighted by atomic mass is 10.1. The van der Waals surface area contributed by atoms with E-state index in [0.29, 0.717) is 6.04 Å². The molecule has 0 aliphatic heterocycles. The van der Waals surface area contributed by atoms with Crippen LogP contribution in [0.25, 0.3) is 0 Å². The summed E-state index contributed by atoms with van der Waals surface area (Å²) in [6.45, 7) is 4.82. The SMILES string of the molecule is CCCOCCn1cc2c(c1)C(NC)CCCC2. The molecule has 0 saturated carbocycles. The van der Waals surface area contributed by atoms with Crippen molar-refractivity contribution in [3.05, 3.63) is 23.5 Å². The average Bonchev–Trinajstić information content (AvgIpc) is 2.69. The molecule has 102 valence electrons. The molecule has 18 heavy (non-hydrogen) atoms. The van der Waals surface area contributed by atoms with E-state index in [1.807, 2.05) is 0 Å². The van der Waals surface area contributed by atoms with Gasteiger partial charge in [0.1, 0.15) is 0 Å². The Labute approximate surface area is 111 Å². The van der Waals surface area contributed by atoms with E-state index < -0.39 is 0 Å². The van der Waals surface area contributed by atoms with Crippen molar-refractivity contribution in [1.29, 1.82) is 0 Å². The molecule has 0 bridgehead atoms. The molecule has 1 N–H and O–H groups in total. The number of nitrogens with one attached hydrogen (secondary N) is 1. The quantitative estimate of drug-likeness (QED) is 0.620. The van der Waals surface area contributed by atoms with Gasteiger partial charge in [-0.3, -0.25) is 0 Å². The lowest BCUT2D eigenvalue weighted by Crippen LogP contribution is -2.15. The van der Waals surface area contributed by atoms with Crippen molar-refractivity contribution in [3.8, 4) is 0 Å². The summed E-state index contributed by atoms with van der Waals surface area (Å²) < 4.78 is 7.86. The molecule has 1 aliphatic rings. The van der Waals surface area contributed by atoms with Gasteiger partial charge in [0.05, 0.1) is 6.61 Å². The van der Waals surface area contributed by atoms with Gasteiger partial charge in [0, 0.05) is 31.6 Å². The van der Waals surface area contributed by atoms with E-state index in [0.717, 1.165) is 26.2 Å². The second-order valence-electron chi connectivity index (χ2n) is 5.18. The number of ether oxygens (including phenoxy) is 1. The summed E-state index contributed by atoms with van der Waals surface area (Å²) in [7, 11) is 2.07. The predicted molar refractivity (Wildman–Crippen MR) is 74.9 cm³/mol. The molecular formula is C15H26N2O. The molecule has 0 fully saturated rings. The van der Waals surface area contributed by atoms with Crippen LogP contribution in [-0.2, 0) is 17.7 Å². The molecule has 1 aromatic rings. The molecular weight excluding hydrogens is 224 g/mol. The topological polar surface area (TPSA) is 26.2 Å². The number of hydrogen-bond acceptors (Lipinski definition) is 2. The summed E-state index contributed by atoms with van der Waals surface area (Å²) in [4.78, 5) is 0. The molecule has 0 aromatic carbocycles. The maximum atomic E-state index is 5.56. The van der Waals surface area contributed by atoms with Crippen LogP contribution in [0.4, 0.5) is 0 Å². The van der Waals surface area contributed by atoms with Gasteiger partial charge in [0.2, 0.25) is 0 Å². The molecule has 1 aromatic heterocycles. The molecule has 0 radical (unpaired) electrons. The van der Waals surface area contributed by atoms with Crippen molar-refractivity contribution < 1.29 is 4.74 Å². The zero-order chi connectivity index (χ0) is 12.8. The summed E-state index contributed by atoms with van der Waals surface area (Å²) in [5.41, 5.74) is 3.04. The maximum absolute atomic E-state index is 5.56. The van der Waals surface area contributed by atoms with Crippen LogP contribution in [0, 0.1) is 0 Å². The highest BCUT2D eigenvalue weighted by molar-refractivity contribution is 5.29. The molecule has 0 saturated heterocycles. The lowest BCUT2D eigenvalue weighted by molar-refractivity contribution is 0.127. The van der Waals surface area contributed by atoms with Gasteiger partial charge >= 0.3 is 0 Å². The third kappa shape index (κ3) is 3.36. The van der Waals surface area contributed by atoms with Crippen molar-refractivity contribution in [2.24, 2.45) is 0 Å². The van der Waals surface area contributed by atoms with E-state index in [-0.39, 0.29) is 0 Å². The zero-order valence-electron chi connectivity index (χ0n) is 11.7. The molecule has 1 aliphatic carbocycles.